The number of carbonyl (C=O) groups is 1. The van der Waals surface area contributed by atoms with Crippen LogP contribution in [0.5, 0.6) is 23.0 Å². The summed E-state index contributed by atoms with van der Waals surface area (Å²) in [6.45, 7) is 2.30. The Morgan fingerprint density at radius 3 is 2.33 bits per heavy atom. The molecular weight excluding hydrogens is 462 g/mol. The Labute approximate surface area is 211 Å². The fourth-order valence-corrected chi connectivity index (χ4v) is 4.55. The zero-order valence-electron chi connectivity index (χ0n) is 21.2. The third-order valence-corrected chi connectivity index (χ3v) is 6.49. The molecule has 0 radical (unpaired) electrons. The van der Waals surface area contributed by atoms with E-state index >= 15 is 0 Å². The van der Waals surface area contributed by atoms with Gasteiger partial charge >= 0.3 is 0 Å². The van der Waals surface area contributed by atoms with Crippen LogP contribution in [0.3, 0.4) is 0 Å². The van der Waals surface area contributed by atoms with Crippen molar-refractivity contribution in [3.8, 4) is 34.3 Å². The van der Waals surface area contributed by atoms with Crippen molar-refractivity contribution in [1.29, 1.82) is 0 Å². The molecule has 3 aromatic rings. The quantitative estimate of drug-likeness (QED) is 0.444. The van der Waals surface area contributed by atoms with E-state index in [2.05, 4.69) is 15.4 Å². The minimum Gasteiger partial charge on any atom is -0.497 e. The van der Waals surface area contributed by atoms with Gasteiger partial charge in [-0.25, -0.2) is 0 Å². The number of methoxy groups -OCH3 is 4. The number of nitrogens with zero attached hydrogens (tertiary/aromatic N) is 2. The van der Waals surface area contributed by atoms with Crippen molar-refractivity contribution in [2.45, 2.75) is 25.3 Å². The SMILES string of the molecule is COc1ccc(OC)c(C(CNC(=O)c2cc(-c3ccc(OC)c(OC)c3)on2)N2CCCCC2)c1. The first kappa shape index (κ1) is 25.4. The van der Waals surface area contributed by atoms with Crippen molar-refractivity contribution in [1.82, 2.24) is 15.4 Å². The summed E-state index contributed by atoms with van der Waals surface area (Å²) in [5.41, 5.74) is 1.91. The van der Waals surface area contributed by atoms with Crippen molar-refractivity contribution >= 4 is 5.91 Å². The highest BCUT2D eigenvalue weighted by Crippen LogP contribution is 2.35. The second-order valence-electron chi connectivity index (χ2n) is 8.58. The Bertz CT molecular complexity index is 1170. The third kappa shape index (κ3) is 5.57. The molecule has 1 aromatic heterocycles. The van der Waals surface area contributed by atoms with Gasteiger partial charge in [-0.2, -0.15) is 0 Å². The maximum atomic E-state index is 13.1. The van der Waals surface area contributed by atoms with Crippen LogP contribution < -0.4 is 24.3 Å². The van der Waals surface area contributed by atoms with Gasteiger partial charge in [0.05, 0.1) is 34.5 Å². The largest absolute Gasteiger partial charge is 0.497 e. The monoisotopic (exact) mass is 495 g/mol. The normalized spacial score (nSPS) is 14.7. The Kier molecular flexibility index (Phi) is 8.32. The summed E-state index contributed by atoms with van der Waals surface area (Å²) in [6.07, 6.45) is 3.45. The number of carbonyl (C=O) groups excluding carboxylic acids is 1. The van der Waals surface area contributed by atoms with E-state index in [0.717, 1.165) is 48.6 Å². The van der Waals surface area contributed by atoms with Gasteiger partial charge in [0.15, 0.2) is 23.0 Å². The Hall–Kier alpha value is -3.72. The standard InChI is InChI=1S/C27H33N3O6/c1-32-19-9-11-23(33-2)20(15-19)22(30-12-6-5-7-13-30)17-28-27(31)21-16-25(36-29-21)18-8-10-24(34-3)26(14-18)35-4/h8-11,14-16,22H,5-7,12-13,17H2,1-4H3,(H,28,31). The highest BCUT2D eigenvalue weighted by atomic mass is 16.5. The highest BCUT2D eigenvalue weighted by molar-refractivity contribution is 5.93. The predicted molar refractivity (Wildman–Crippen MR) is 135 cm³/mol. The molecular formula is C27H33N3O6. The van der Waals surface area contributed by atoms with Gasteiger partial charge in [-0.05, 0) is 62.3 Å². The Balaban J connectivity index is 1.53. The minimum absolute atomic E-state index is 0.0727. The second kappa shape index (κ2) is 11.8. The van der Waals surface area contributed by atoms with E-state index in [1.807, 2.05) is 24.3 Å². The molecule has 2 heterocycles. The maximum Gasteiger partial charge on any atom is 0.273 e. The van der Waals surface area contributed by atoms with E-state index < -0.39 is 0 Å². The average molecular weight is 496 g/mol. The zero-order chi connectivity index (χ0) is 25.5. The van der Waals surface area contributed by atoms with Crippen LogP contribution in [0.2, 0.25) is 0 Å². The van der Waals surface area contributed by atoms with Crippen molar-refractivity contribution in [2.24, 2.45) is 0 Å². The molecule has 4 rings (SSSR count). The van der Waals surface area contributed by atoms with E-state index in [4.69, 9.17) is 23.5 Å². The Morgan fingerprint density at radius 2 is 1.64 bits per heavy atom. The maximum absolute atomic E-state index is 13.1. The summed E-state index contributed by atoms with van der Waals surface area (Å²) in [7, 11) is 6.44. The molecule has 0 aliphatic carbocycles. The van der Waals surface area contributed by atoms with E-state index in [-0.39, 0.29) is 17.6 Å². The number of aromatic nitrogens is 1. The van der Waals surface area contributed by atoms with E-state index in [0.29, 0.717) is 23.8 Å². The van der Waals surface area contributed by atoms with Crippen LogP contribution in [0.1, 0.15) is 41.4 Å². The number of nitrogens with one attached hydrogen (secondary N) is 1. The van der Waals surface area contributed by atoms with Crippen LogP contribution in [0, 0.1) is 0 Å². The molecule has 1 fully saturated rings. The summed E-state index contributed by atoms with van der Waals surface area (Å²) in [4.78, 5) is 15.4. The van der Waals surface area contributed by atoms with Crippen LogP contribution in [0.25, 0.3) is 11.3 Å². The molecule has 1 atom stereocenters. The van der Waals surface area contributed by atoms with Crippen molar-refractivity contribution in [2.75, 3.05) is 48.1 Å². The summed E-state index contributed by atoms with van der Waals surface area (Å²) in [6, 6.07) is 12.7. The van der Waals surface area contributed by atoms with Crippen LogP contribution >= 0.6 is 0 Å². The molecule has 2 aromatic carbocycles. The molecule has 1 aliphatic rings. The summed E-state index contributed by atoms with van der Waals surface area (Å²) < 4.78 is 27.2. The molecule has 0 bridgehead atoms. The van der Waals surface area contributed by atoms with Gasteiger partial charge < -0.3 is 28.8 Å². The summed E-state index contributed by atoms with van der Waals surface area (Å²) in [5, 5.41) is 7.04. The number of hydrogen-bond acceptors (Lipinski definition) is 8. The van der Waals surface area contributed by atoms with E-state index in [9.17, 15) is 4.79 Å². The molecule has 1 saturated heterocycles. The number of rotatable bonds is 10. The fourth-order valence-electron chi connectivity index (χ4n) is 4.55. The molecule has 9 heteroatoms. The molecule has 1 aliphatic heterocycles. The Morgan fingerprint density at radius 1 is 0.917 bits per heavy atom. The topological polar surface area (TPSA) is 95.3 Å². The molecule has 1 N–H and O–H groups in total. The summed E-state index contributed by atoms with van der Waals surface area (Å²) in [5.74, 6) is 2.83. The smallest absolute Gasteiger partial charge is 0.273 e. The highest BCUT2D eigenvalue weighted by Gasteiger charge is 2.27. The van der Waals surface area contributed by atoms with Crippen LogP contribution in [0.4, 0.5) is 0 Å². The fraction of sp³-hybridized carbons (Fsp3) is 0.407. The molecule has 0 saturated carbocycles. The number of likely N-dealkylation sites (tertiary alicyclic amines) is 1. The first-order valence-corrected chi connectivity index (χ1v) is 12.0. The lowest BCUT2D eigenvalue weighted by Crippen LogP contribution is -2.40. The first-order chi connectivity index (χ1) is 17.6. The molecule has 0 spiro atoms. The number of ether oxygens (including phenoxy) is 4. The first-order valence-electron chi connectivity index (χ1n) is 12.0. The predicted octanol–water partition coefficient (Wildman–Crippen LogP) is 4.33. The van der Waals surface area contributed by atoms with Crippen molar-refractivity contribution in [3.63, 3.8) is 0 Å². The van der Waals surface area contributed by atoms with E-state index in [1.54, 1.807) is 46.6 Å². The van der Waals surface area contributed by atoms with Crippen molar-refractivity contribution in [3.05, 3.63) is 53.7 Å². The second-order valence-corrected chi connectivity index (χ2v) is 8.58. The number of hydrogen-bond donors (Lipinski definition) is 1. The number of amides is 1. The van der Waals surface area contributed by atoms with Crippen molar-refractivity contribution < 1.29 is 28.3 Å². The lowest BCUT2D eigenvalue weighted by molar-refractivity contribution is 0.0914. The van der Waals surface area contributed by atoms with Crippen LogP contribution in [-0.4, -0.2) is 64.0 Å². The van der Waals surface area contributed by atoms with Crippen LogP contribution in [-0.2, 0) is 0 Å². The number of piperidine rings is 1. The van der Waals surface area contributed by atoms with Gasteiger partial charge in [0.2, 0.25) is 0 Å². The lowest BCUT2D eigenvalue weighted by atomic mass is 10.00. The van der Waals surface area contributed by atoms with Gasteiger partial charge in [-0.15, -0.1) is 0 Å². The van der Waals surface area contributed by atoms with Gasteiger partial charge in [0.25, 0.3) is 5.91 Å². The third-order valence-electron chi connectivity index (χ3n) is 6.49. The van der Waals surface area contributed by atoms with Gasteiger partial charge in [-0.3, -0.25) is 9.69 Å². The minimum atomic E-state index is -0.311. The summed E-state index contributed by atoms with van der Waals surface area (Å²) >= 11 is 0. The lowest BCUT2D eigenvalue weighted by Gasteiger charge is -2.35. The number of benzene rings is 2. The van der Waals surface area contributed by atoms with Gasteiger partial charge in [-0.1, -0.05) is 11.6 Å². The molecule has 9 nitrogen and oxygen atoms in total. The molecule has 1 unspecified atom stereocenters. The average Bonchev–Trinajstić information content (AvgIpc) is 3.43. The van der Waals surface area contributed by atoms with E-state index in [1.165, 1.54) is 6.42 Å². The van der Waals surface area contributed by atoms with Crippen LogP contribution in [0.15, 0.2) is 47.0 Å². The van der Waals surface area contributed by atoms with Gasteiger partial charge in [0.1, 0.15) is 11.5 Å². The molecule has 1 amide bonds. The molecule has 192 valence electrons. The zero-order valence-corrected chi connectivity index (χ0v) is 21.2. The van der Waals surface area contributed by atoms with Gasteiger partial charge in [0, 0.05) is 23.7 Å². The molecule has 36 heavy (non-hydrogen) atoms.